The summed E-state index contributed by atoms with van der Waals surface area (Å²) in [5.41, 5.74) is 0.357. The van der Waals surface area contributed by atoms with Crippen LogP contribution in [-0.4, -0.2) is 10.5 Å². The Kier molecular flexibility index (Phi) is 2.26. The first-order valence-corrected chi connectivity index (χ1v) is 7.86. The van der Waals surface area contributed by atoms with Crippen molar-refractivity contribution >= 4 is 28.1 Å². The maximum absolute atomic E-state index is 5.91. The lowest BCUT2D eigenvalue weighted by atomic mass is 9.53. The Hall–Kier alpha value is -0.280. The zero-order chi connectivity index (χ0) is 11.5. The van der Waals surface area contributed by atoms with Crippen LogP contribution in [0.2, 0.25) is 5.15 Å². The molecule has 1 aromatic heterocycles. The van der Waals surface area contributed by atoms with Crippen molar-refractivity contribution in [1.82, 2.24) is 4.98 Å². The lowest BCUT2D eigenvalue weighted by molar-refractivity contribution is 0.0107. The van der Waals surface area contributed by atoms with Crippen LogP contribution < -0.4 is 5.32 Å². The van der Waals surface area contributed by atoms with Gasteiger partial charge in [-0.1, -0.05) is 11.6 Å². The normalized spacial score (nSPS) is 43.0. The SMILES string of the molecule is Clc1csc(NC23CC4CC(CC(C4)C2)C3)n1. The van der Waals surface area contributed by atoms with E-state index in [-0.39, 0.29) is 0 Å². The molecule has 5 rings (SSSR count). The fraction of sp³-hybridized carbons (Fsp3) is 0.769. The number of hydrogen-bond acceptors (Lipinski definition) is 3. The Morgan fingerprint density at radius 2 is 1.76 bits per heavy atom. The highest BCUT2D eigenvalue weighted by Gasteiger charge is 2.51. The van der Waals surface area contributed by atoms with Gasteiger partial charge >= 0.3 is 0 Å². The third-order valence-electron chi connectivity index (χ3n) is 4.89. The van der Waals surface area contributed by atoms with Crippen LogP contribution in [0.3, 0.4) is 0 Å². The molecule has 4 aliphatic rings. The second kappa shape index (κ2) is 3.61. The fourth-order valence-electron chi connectivity index (χ4n) is 4.80. The summed E-state index contributed by atoms with van der Waals surface area (Å²) in [4.78, 5) is 4.36. The number of nitrogens with zero attached hydrogens (tertiary/aromatic N) is 1. The van der Waals surface area contributed by atoms with Crippen LogP contribution in [0.4, 0.5) is 5.13 Å². The molecule has 4 heteroatoms. The summed E-state index contributed by atoms with van der Waals surface area (Å²) in [5.74, 6) is 2.93. The minimum atomic E-state index is 0.357. The average molecular weight is 269 g/mol. The maximum atomic E-state index is 5.91. The molecule has 1 heterocycles. The highest BCUT2D eigenvalue weighted by atomic mass is 35.5. The van der Waals surface area contributed by atoms with Crippen molar-refractivity contribution in [3.05, 3.63) is 10.5 Å². The molecule has 4 saturated carbocycles. The molecule has 92 valence electrons. The summed E-state index contributed by atoms with van der Waals surface area (Å²) in [6, 6.07) is 0. The molecule has 4 bridgehead atoms. The van der Waals surface area contributed by atoms with Gasteiger partial charge in [-0.2, -0.15) is 0 Å². The Morgan fingerprint density at radius 1 is 1.18 bits per heavy atom. The first kappa shape index (κ1) is 10.6. The molecule has 2 nitrogen and oxygen atoms in total. The van der Waals surface area contributed by atoms with E-state index >= 15 is 0 Å². The van der Waals surface area contributed by atoms with Crippen molar-refractivity contribution in [2.24, 2.45) is 17.8 Å². The van der Waals surface area contributed by atoms with Crippen LogP contribution in [0.1, 0.15) is 38.5 Å². The Morgan fingerprint density at radius 3 is 2.24 bits per heavy atom. The van der Waals surface area contributed by atoms with Crippen LogP contribution in [0.15, 0.2) is 5.38 Å². The summed E-state index contributed by atoms with van der Waals surface area (Å²) in [6.07, 6.45) is 8.53. The van der Waals surface area contributed by atoms with Crippen molar-refractivity contribution in [1.29, 1.82) is 0 Å². The minimum Gasteiger partial charge on any atom is -0.356 e. The van der Waals surface area contributed by atoms with Gasteiger partial charge < -0.3 is 5.32 Å². The van der Waals surface area contributed by atoms with Gasteiger partial charge in [-0.05, 0) is 56.3 Å². The highest BCUT2D eigenvalue weighted by molar-refractivity contribution is 7.14. The van der Waals surface area contributed by atoms with Crippen LogP contribution >= 0.6 is 22.9 Å². The number of nitrogens with one attached hydrogen (secondary N) is 1. The summed E-state index contributed by atoms with van der Waals surface area (Å²) < 4.78 is 0. The van der Waals surface area contributed by atoms with Gasteiger partial charge in [0.1, 0.15) is 5.15 Å². The van der Waals surface area contributed by atoms with E-state index in [9.17, 15) is 0 Å². The lowest BCUT2D eigenvalue weighted by Crippen LogP contribution is -2.54. The van der Waals surface area contributed by atoms with Gasteiger partial charge in [-0.3, -0.25) is 0 Å². The minimum absolute atomic E-state index is 0.357. The van der Waals surface area contributed by atoms with E-state index in [4.69, 9.17) is 11.6 Å². The quantitative estimate of drug-likeness (QED) is 0.871. The fourth-order valence-corrected chi connectivity index (χ4v) is 5.76. The molecule has 0 aromatic carbocycles. The molecule has 4 aliphatic carbocycles. The van der Waals surface area contributed by atoms with E-state index in [1.165, 1.54) is 38.5 Å². The lowest BCUT2D eigenvalue weighted by Gasteiger charge is -2.56. The molecule has 1 aromatic rings. The van der Waals surface area contributed by atoms with Crippen molar-refractivity contribution < 1.29 is 0 Å². The van der Waals surface area contributed by atoms with Gasteiger partial charge in [0.15, 0.2) is 5.13 Å². The molecule has 0 radical (unpaired) electrons. The van der Waals surface area contributed by atoms with Gasteiger partial charge in [0, 0.05) is 10.9 Å². The van der Waals surface area contributed by atoms with Gasteiger partial charge in [0.25, 0.3) is 0 Å². The van der Waals surface area contributed by atoms with Crippen LogP contribution in [-0.2, 0) is 0 Å². The molecule has 0 atom stereocenters. The van der Waals surface area contributed by atoms with Gasteiger partial charge in [0.05, 0.1) is 0 Å². The van der Waals surface area contributed by atoms with E-state index in [0.717, 1.165) is 22.9 Å². The maximum Gasteiger partial charge on any atom is 0.184 e. The largest absolute Gasteiger partial charge is 0.356 e. The second-order valence-corrected chi connectivity index (χ2v) is 7.54. The van der Waals surface area contributed by atoms with E-state index in [1.807, 2.05) is 5.38 Å². The second-order valence-electron chi connectivity index (χ2n) is 6.30. The van der Waals surface area contributed by atoms with E-state index < -0.39 is 0 Å². The topological polar surface area (TPSA) is 24.9 Å². The predicted molar refractivity (Wildman–Crippen MR) is 71.6 cm³/mol. The molecule has 0 amide bonds. The van der Waals surface area contributed by atoms with Crippen molar-refractivity contribution in [2.75, 3.05) is 5.32 Å². The van der Waals surface area contributed by atoms with Crippen LogP contribution in [0, 0.1) is 17.8 Å². The summed E-state index contributed by atoms with van der Waals surface area (Å²) in [5, 5.41) is 7.30. The first-order valence-electron chi connectivity index (χ1n) is 6.60. The molecule has 1 N–H and O–H groups in total. The van der Waals surface area contributed by atoms with Crippen LogP contribution in [0.5, 0.6) is 0 Å². The molecular formula is C13H17ClN2S. The van der Waals surface area contributed by atoms with Gasteiger partial charge in [-0.15, -0.1) is 11.3 Å². The van der Waals surface area contributed by atoms with Crippen molar-refractivity contribution in [3.8, 4) is 0 Å². The molecule has 0 spiro atoms. The summed E-state index contributed by atoms with van der Waals surface area (Å²) in [6.45, 7) is 0. The number of rotatable bonds is 2. The third kappa shape index (κ3) is 1.78. The Bertz CT molecular complexity index is 407. The van der Waals surface area contributed by atoms with Crippen molar-refractivity contribution in [3.63, 3.8) is 0 Å². The monoisotopic (exact) mass is 268 g/mol. The highest BCUT2D eigenvalue weighted by Crippen LogP contribution is 2.56. The number of thiazole rings is 1. The van der Waals surface area contributed by atoms with E-state index in [1.54, 1.807) is 11.3 Å². The first-order chi connectivity index (χ1) is 8.21. The molecule has 0 saturated heterocycles. The standard InChI is InChI=1S/C13H17ClN2S/c14-11-7-17-12(15-11)16-13-4-8-1-9(5-13)3-10(2-8)6-13/h7-10H,1-6H2,(H,15,16). The van der Waals surface area contributed by atoms with Gasteiger partial charge in [-0.25, -0.2) is 4.98 Å². The van der Waals surface area contributed by atoms with Gasteiger partial charge in [0.2, 0.25) is 0 Å². The number of halogens is 1. The van der Waals surface area contributed by atoms with E-state index in [0.29, 0.717) is 10.7 Å². The summed E-state index contributed by atoms with van der Waals surface area (Å²) >= 11 is 7.55. The molecule has 0 unspecified atom stereocenters. The number of hydrogen-bond donors (Lipinski definition) is 1. The summed E-state index contributed by atoms with van der Waals surface area (Å²) in [7, 11) is 0. The molecular weight excluding hydrogens is 252 g/mol. The smallest absolute Gasteiger partial charge is 0.184 e. The number of aromatic nitrogens is 1. The average Bonchev–Trinajstić information content (AvgIpc) is 2.60. The Labute approximate surface area is 111 Å². The number of anilines is 1. The molecule has 17 heavy (non-hydrogen) atoms. The Balaban J connectivity index is 1.60. The van der Waals surface area contributed by atoms with Crippen molar-refractivity contribution in [2.45, 2.75) is 44.1 Å². The third-order valence-corrected chi connectivity index (χ3v) is 5.97. The molecule has 0 aliphatic heterocycles. The predicted octanol–water partition coefficient (Wildman–Crippen LogP) is 4.18. The molecule has 4 fully saturated rings. The zero-order valence-electron chi connectivity index (χ0n) is 9.79. The van der Waals surface area contributed by atoms with E-state index in [2.05, 4.69) is 10.3 Å². The zero-order valence-corrected chi connectivity index (χ0v) is 11.4. The van der Waals surface area contributed by atoms with Crippen LogP contribution in [0.25, 0.3) is 0 Å².